The first kappa shape index (κ1) is 12.6. The van der Waals surface area contributed by atoms with E-state index in [1.165, 1.54) is 0 Å². The van der Waals surface area contributed by atoms with Gasteiger partial charge in [0.1, 0.15) is 0 Å². The maximum atomic E-state index is 12.4. The zero-order valence-electron chi connectivity index (χ0n) is 11.5. The molecule has 1 amide bonds. The average Bonchev–Trinajstić information content (AvgIpc) is 2.79. The van der Waals surface area contributed by atoms with Crippen LogP contribution in [-0.2, 0) is 0 Å². The number of nitrogens with zero attached hydrogens (tertiary/aromatic N) is 4. The van der Waals surface area contributed by atoms with Gasteiger partial charge in [0.25, 0.3) is 5.91 Å². The molecule has 2 atom stereocenters. The van der Waals surface area contributed by atoms with Gasteiger partial charge in [-0.15, -0.1) is 5.10 Å². The predicted molar refractivity (Wildman–Crippen MR) is 70.8 cm³/mol. The first-order valence-corrected chi connectivity index (χ1v) is 7.07. The minimum atomic E-state index is 0.0253. The topological polar surface area (TPSA) is 63.1 Å². The van der Waals surface area contributed by atoms with E-state index >= 15 is 0 Å². The minimum Gasteiger partial charge on any atom is -0.337 e. The highest BCUT2D eigenvalue weighted by atomic mass is 16.2. The molecule has 6 nitrogen and oxygen atoms in total. The summed E-state index contributed by atoms with van der Waals surface area (Å²) in [6.45, 7) is 7.96. The maximum absolute atomic E-state index is 12.4. The molecule has 0 radical (unpaired) electrons. The van der Waals surface area contributed by atoms with Crippen molar-refractivity contribution in [2.75, 3.05) is 26.2 Å². The lowest BCUT2D eigenvalue weighted by Crippen LogP contribution is -2.43. The van der Waals surface area contributed by atoms with E-state index in [0.717, 1.165) is 32.6 Å². The largest absolute Gasteiger partial charge is 0.337 e. The summed E-state index contributed by atoms with van der Waals surface area (Å²) < 4.78 is 1.81. The van der Waals surface area contributed by atoms with Crippen molar-refractivity contribution in [3.05, 3.63) is 11.9 Å². The quantitative estimate of drug-likeness (QED) is 0.846. The Morgan fingerprint density at radius 3 is 2.79 bits per heavy atom. The minimum absolute atomic E-state index is 0.0253. The third-order valence-electron chi connectivity index (χ3n) is 4.48. The maximum Gasteiger partial charge on any atom is 0.276 e. The Labute approximate surface area is 113 Å². The molecule has 2 aliphatic heterocycles. The van der Waals surface area contributed by atoms with E-state index in [1.54, 1.807) is 10.9 Å². The average molecular weight is 263 g/mol. The standard InChI is InChI=1S/C13H21N5O/c1-9-3-4-17(7-10(9)2)13(19)12-8-18(16-15-12)11-5-14-6-11/h8-11,14H,3-7H2,1-2H3. The molecular formula is C13H21N5O. The van der Waals surface area contributed by atoms with Crippen molar-refractivity contribution < 1.29 is 4.79 Å². The SMILES string of the molecule is CC1CCN(C(=O)c2cn(C3CNC3)nn2)CC1C. The number of nitrogens with one attached hydrogen (secondary N) is 1. The predicted octanol–water partition coefficient (Wildman–Crippen LogP) is 0.540. The molecule has 3 heterocycles. The van der Waals surface area contributed by atoms with Crippen LogP contribution in [0, 0.1) is 11.8 Å². The normalized spacial score (nSPS) is 28.2. The van der Waals surface area contributed by atoms with Gasteiger partial charge < -0.3 is 10.2 Å². The van der Waals surface area contributed by atoms with Crippen LogP contribution in [0.15, 0.2) is 6.20 Å². The van der Waals surface area contributed by atoms with Crippen molar-refractivity contribution in [3.8, 4) is 0 Å². The van der Waals surface area contributed by atoms with Gasteiger partial charge in [0.05, 0.1) is 12.2 Å². The summed E-state index contributed by atoms with van der Waals surface area (Å²) in [7, 11) is 0. The van der Waals surface area contributed by atoms with E-state index in [2.05, 4.69) is 29.5 Å². The Morgan fingerprint density at radius 2 is 2.16 bits per heavy atom. The van der Waals surface area contributed by atoms with Crippen molar-refractivity contribution in [2.24, 2.45) is 11.8 Å². The molecule has 1 N–H and O–H groups in total. The van der Waals surface area contributed by atoms with E-state index in [4.69, 9.17) is 0 Å². The number of carbonyl (C=O) groups excluding carboxylic acids is 1. The summed E-state index contributed by atoms with van der Waals surface area (Å²) in [5, 5.41) is 11.3. The molecule has 0 aromatic carbocycles. The lowest BCUT2D eigenvalue weighted by Gasteiger charge is -2.34. The fraction of sp³-hybridized carbons (Fsp3) is 0.769. The molecule has 2 unspecified atom stereocenters. The first-order valence-electron chi connectivity index (χ1n) is 7.07. The summed E-state index contributed by atoms with van der Waals surface area (Å²) in [5.74, 6) is 1.28. The van der Waals surface area contributed by atoms with Gasteiger partial charge in [0.2, 0.25) is 0 Å². The second kappa shape index (κ2) is 4.92. The highest BCUT2D eigenvalue weighted by Gasteiger charge is 2.29. The van der Waals surface area contributed by atoms with E-state index < -0.39 is 0 Å². The fourth-order valence-electron chi connectivity index (χ4n) is 2.62. The summed E-state index contributed by atoms with van der Waals surface area (Å²) in [4.78, 5) is 14.3. The molecule has 0 bridgehead atoms. The van der Waals surface area contributed by atoms with Crippen LogP contribution in [0.4, 0.5) is 0 Å². The van der Waals surface area contributed by atoms with Gasteiger partial charge in [0, 0.05) is 26.2 Å². The van der Waals surface area contributed by atoms with Crippen LogP contribution in [0.1, 0.15) is 36.8 Å². The molecule has 0 spiro atoms. The van der Waals surface area contributed by atoms with E-state index in [-0.39, 0.29) is 5.91 Å². The van der Waals surface area contributed by atoms with Crippen LogP contribution in [0.2, 0.25) is 0 Å². The second-order valence-corrected chi connectivity index (χ2v) is 5.89. The zero-order valence-corrected chi connectivity index (χ0v) is 11.5. The third-order valence-corrected chi connectivity index (χ3v) is 4.48. The molecule has 1 aromatic heterocycles. The second-order valence-electron chi connectivity index (χ2n) is 5.89. The van der Waals surface area contributed by atoms with Gasteiger partial charge in [-0.3, -0.25) is 4.79 Å². The smallest absolute Gasteiger partial charge is 0.276 e. The summed E-state index contributed by atoms with van der Waals surface area (Å²) in [5.41, 5.74) is 0.480. The summed E-state index contributed by atoms with van der Waals surface area (Å²) >= 11 is 0. The molecular weight excluding hydrogens is 242 g/mol. The molecule has 104 valence electrons. The van der Waals surface area contributed by atoms with Gasteiger partial charge in [-0.25, -0.2) is 4.68 Å². The zero-order chi connectivity index (χ0) is 13.4. The van der Waals surface area contributed by atoms with Crippen LogP contribution in [-0.4, -0.2) is 52.0 Å². The van der Waals surface area contributed by atoms with Gasteiger partial charge in [0.15, 0.2) is 5.69 Å². The van der Waals surface area contributed by atoms with Crippen molar-refractivity contribution in [2.45, 2.75) is 26.3 Å². The Kier molecular flexibility index (Phi) is 3.26. The lowest BCUT2D eigenvalue weighted by atomic mass is 9.88. The summed E-state index contributed by atoms with van der Waals surface area (Å²) in [6.07, 6.45) is 2.87. The first-order chi connectivity index (χ1) is 9.15. The Balaban J connectivity index is 1.67. The lowest BCUT2D eigenvalue weighted by molar-refractivity contribution is 0.0621. The Hall–Kier alpha value is -1.43. The molecule has 2 fully saturated rings. The van der Waals surface area contributed by atoms with Gasteiger partial charge in [-0.1, -0.05) is 19.1 Å². The van der Waals surface area contributed by atoms with E-state index in [1.807, 2.05) is 4.90 Å². The fourth-order valence-corrected chi connectivity index (χ4v) is 2.62. The highest BCUT2D eigenvalue weighted by Crippen LogP contribution is 2.23. The number of amides is 1. The highest BCUT2D eigenvalue weighted by molar-refractivity contribution is 5.92. The number of aromatic nitrogens is 3. The van der Waals surface area contributed by atoms with Crippen LogP contribution in [0.25, 0.3) is 0 Å². The summed E-state index contributed by atoms with van der Waals surface area (Å²) in [6, 6.07) is 0.356. The number of hydrogen-bond donors (Lipinski definition) is 1. The van der Waals surface area contributed by atoms with Crippen molar-refractivity contribution in [1.82, 2.24) is 25.2 Å². The monoisotopic (exact) mass is 263 g/mol. The number of hydrogen-bond acceptors (Lipinski definition) is 4. The van der Waals surface area contributed by atoms with Gasteiger partial charge in [-0.05, 0) is 18.3 Å². The van der Waals surface area contributed by atoms with Crippen molar-refractivity contribution in [3.63, 3.8) is 0 Å². The van der Waals surface area contributed by atoms with Crippen molar-refractivity contribution in [1.29, 1.82) is 0 Å². The molecule has 6 heteroatoms. The molecule has 0 saturated carbocycles. The Morgan fingerprint density at radius 1 is 1.37 bits per heavy atom. The molecule has 3 rings (SSSR count). The van der Waals surface area contributed by atoms with Gasteiger partial charge in [-0.2, -0.15) is 0 Å². The van der Waals surface area contributed by atoms with Crippen LogP contribution < -0.4 is 5.32 Å². The Bertz CT molecular complexity index is 467. The third kappa shape index (κ3) is 2.36. The van der Waals surface area contributed by atoms with Gasteiger partial charge >= 0.3 is 0 Å². The van der Waals surface area contributed by atoms with Crippen LogP contribution in [0.5, 0.6) is 0 Å². The van der Waals surface area contributed by atoms with E-state index in [9.17, 15) is 4.79 Å². The van der Waals surface area contributed by atoms with Crippen LogP contribution >= 0.6 is 0 Å². The van der Waals surface area contributed by atoms with Crippen LogP contribution in [0.3, 0.4) is 0 Å². The van der Waals surface area contributed by atoms with Crippen molar-refractivity contribution >= 4 is 5.91 Å². The molecule has 2 saturated heterocycles. The number of piperidine rings is 1. The number of rotatable bonds is 2. The molecule has 19 heavy (non-hydrogen) atoms. The number of likely N-dealkylation sites (tertiary alicyclic amines) is 1. The molecule has 0 aliphatic carbocycles. The number of carbonyl (C=O) groups is 1. The molecule has 2 aliphatic rings. The molecule has 1 aromatic rings. The van der Waals surface area contributed by atoms with E-state index in [0.29, 0.717) is 23.6 Å².